The van der Waals surface area contributed by atoms with Crippen LogP contribution in [-0.2, 0) is 4.79 Å². The molecule has 0 unspecified atom stereocenters. The topological polar surface area (TPSA) is 26.3 Å². The van der Waals surface area contributed by atoms with Crippen molar-refractivity contribution in [2.75, 3.05) is 7.11 Å². The number of rotatable bonds is 7. The van der Waals surface area contributed by atoms with E-state index in [0.29, 0.717) is 6.42 Å². The number of aldehydes is 1. The van der Waals surface area contributed by atoms with Crippen LogP contribution in [0.3, 0.4) is 0 Å². The fraction of sp³-hybridized carbons (Fsp3) is 0.136. The maximum Gasteiger partial charge on any atom is 0.120 e. The highest BCUT2D eigenvalue weighted by Gasteiger charge is 2.25. The molecule has 0 bridgehead atoms. The van der Waals surface area contributed by atoms with Gasteiger partial charge >= 0.3 is 0 Å². The molecule has 25 heavy (non-hydrogen) atoms. The number of carbonyl (C=O) groups excluding carboxylic acids is 1. The third kappa shape index (κ3) is 4.15. The van der Waals surface area contributed by atoms with E-state index in [2.05, 4.69) is 60.7 Å². The molecule has 0 heterocycles. The average molecular weight is 348 g/mol. The van der Waals surface area contributed by atoms with E-state index >= 15 is 0 Å². The predicted molar refractivity (Wildman–Crippen MR) is 105 cm³/mol. The Morgan fingerprint density at radius 2 is 1.36 bits per heavy atom. The van der Waals surface area contributed by atoms with Gasteiger partial charge in [-0.2, -0.15) is 0 Å². The molecule has 2 nitrogen and oxygen atoms in total. The lowest BCUT2D eigenvalue weighted by Crippen LogP contribution is -2.17. The first-order valence-electron chi connectivity index (χ1n) is 8.30. The molecule has 126 valence electrons. The molecule has 0 aliphatic carbocycles. The summed E-state index contributed by atoms with van der Waals surface area (Å²) in [6.45, 7) is 0. The van der Waals surface area contributed by atoms with E-state index in [1.807, 2.05) is 24.3 Å². The van der Waals surface area contributed by atoms with E-state index in [-0.39, 0.29) is 5.66 Å². The van der Waals surface area contributed by atoms with Crippen LogP contribution in [0.5, 0.6) is 5.75 Å². The SMILES string of the molecule is COc1ccc([C@H](CC=O)P(c2ccccc2)c2ccccc2)cc1. The normalized spacial score (nSPS) is 11.9. The largest absolute Gasteiger partial charge is 0.497 e. The Kier molecular flexibility index (Phi) is 5.98. The van der Waals surface area contributed by atoms with E-state index in [0.717, 1.165) is 12.0 Å². The fourth-order valence-corrected chi connectivity index (χ4v) is 5.77. The lowest BCUT2D eigenvalue weighted by Gasteiger charge is -2.28. The monoisotopic (exact) mass is 348 g/mol. The zero-order valence-electron chi connectivity index (χ0n) is 14.2. The average Bonchev–Trinajstić information content (AvgIpc) is 2.69. The zero-order valence-corrected chi connectivity index (χ0v) is 15.1. The molecular formula is C22H21O2P. The van der Waals surface area contributed by atoms with Gasteiger partial charge in [0, 0.05) is 12.1 Å². The molecule has 0 saturated heterocycles. The molecule has 3 rings (SSSR count). The summed E-state index contributed by atoms with van der Waals surface area (Å²) in [5, 5.41) is 2.57. The molecule has 3 aromatic rings. The van der Waals surface area contributed by atoms with Crippen LogP contribution in [0.25, 0.3) is 0 Å². The molecule has 0 aromatic heterocycles. The lowest BCUT2D eigenvalue weighted by molar-refractivity contribution is -0.107. The summed E-state index contributed by atoms with van der Waals surface area (Å²) in [7, 11) is 0.983. The van der Waals surface area contributed by atoms with Crippen LogP contribution in [0, 0.1) is 0 Å². The van der Waals surface area contributed by atoms with Crippen molar-refractivity contribution in [2.24, 2.45) is 0 Å². The summed E-state index contributed by atoms with van der Waals surface area (Å²) in [6.07, 6.45) is 1.54. The Morgan fingerprint density at radius 1 is 0.840 bits per heavy atom. The fourth-order valence-electron chi connectivity index (χ4n) is 2.99. The number of hydrogen-bond acceptors (Lipinski definition) is 2. The minimum absolute atomic E-state index is 0.142. The van der Waals surface area contributed by atoms with Gasteiger partial charge in [-0.15, -0.1) is 0 Å². The van der Waals surface area contributed by atoms with E-state index in [4.69, 9.17) is 4.74 Å². The highest BCUT2D eigenvalue weighted by molar-refractivity contribution is 7.73. The van der Waals surface area contributed by atoms with Crippen LogP contribution >= 0.6 is 7.92 Å². The third-order valence-corrected chi connectivity index (χ3v) is 7.04. The second-order valence-electron chi connectivity index (χ2n) is 5.73. The summed E-state index contributed by atoms with van der Waals surface area (Å²) in [6, 6.07) is 29.1. The van der Waals surface area contributed by atoms with Crippen molar-refractivity contribution in [3.8, 4) is 5.75 Å². The molecule has 0 saturated carbocycles. The molecule has 3 aromatic carbocycles. The van der Waals surface area contributed by atoms with Crippen molar-refractivity contribution in [3.63, 3.8) is 0 Å². The Bertz CT molecular complexity index is 746. The quantitative estimate of drug-likeness (QED) is 0.465. The number of ether oxygens (including phenoxy) is 1. The first-order valence-corrected chi connectivity index (χ1v) is 9.71. The number of methoxy groups -OCH3 is 1. The van der Waals surface area contributed by atoms with Crippen LogP contribution in [-0.4, -0.2) is 13.4 Å². The van der Waals surface area contributed by atoms with E-state index in [1.54, 1.807) is 7.11 Å². The maximum atomic E-state index is 11.5. The van der Waals surface area contributed by atoms with Crippen LogP contribution in [0.2, 0.25) is 0 Å². The number of carbonyl (C=O) groups is 1. The Hall–Kier alpha value is -2.44. The van der Waals surface area contributed by atoms with E-state index < -0.39 is 7.92 Å². The van der Waals surface area contributed by atoms with Crippen molar-refractivity contribution < 1.29 is 9.53 Å². The van der Waals surface area contributed by atoms with Gasteiger partial charge in [0.15, 0.2) is 0 Å². The second kappa shape index (κ2) is 8.60. The summed E-state index contributed by atoms with van der Waals surface area (Å²) < 4.78 is 5.27. The van der Waals surface area contributed by atoms with Gasteiger partial charge in [-0.3, -0.25) is 0 Å². The van der Waals surface area contributed by atoms with Crippen molar-refractivity contribution in [1.82, 2.24) is 0 Å². The summed E-state index contributed by atoms with van der Waals surface area (Å²) in [5.41, 5.74) is 1.31. The van der Waals surface area contributed by atoms with E-state index in [1.165, 1.54) is 16.2 Å². The third-order valence-electron chi connectivity index (χ3n) is 4.20. The number of benzene rings is 3. The summed E-state index contributed by atoms with van der Waals surface area (Å²) in [5.74, 6) is 0.831. The van der Waals surface area contributed by atoms with Crippen molar-refractivity contribution in [1.29, 1.82) is 0 Å². The molecule has 0 spiro atoms. The highest BCUT2D eigenvalue weighted by atomic mass is 31.1. The Labute approximate surface area is 150 Å². The zero-order chi connectivity index (χ0) is 17.5. The Balaban J connectivity index is 2.08. The Morgan fingerprint density at radius 3 is 1.80 bits per heavy atom. The minimum atomic E-state index is -0.682. The maximum absolute atomic E-state index is 11.5. The minimum Gasteiger partial charge on any atom is -0.497 e. The number of hydrogen-bond donors (Lipinski definition) is 0. The highest BCUT2D eigenvalue weighted by Crippen LogP contribution is 2.51. The van der Waals surface area contributed by atoms with Gasteiger partial charge in [0.1, 0.15) is 12.0 Å². The van der Waals surface area contributed by atoms with Gasteiger partial charge in [0.25, 0.3) is 0 Å². The van der Waals surface area contributed by atoms with Crippen LogP contribution in [0.1, 0.15) is 17.6 Å². The molecule has 0 N–H and O–H groups in total. The van der Waals surface area contributed by atoms with Gasteiger partial charge in [-0.05, 0) is 36.2 Å². The molecule has 1 atom stereocenters. The van der Waals surface area contributed by atoms with Gasteiger partial charge in [-0.1, -0.05) is 72.8 Å². The first kappa shape index (κ1) is 17.4. The summed E-state index contributed by atoms with van der Waals surface area (Å²) >= 11 is 0. The first-order chi connectivity index (χ1) is 12.3. The molecular weight excluding hydrogens is 327 g/mol. The van der Waals surface area contributed by atoms with Crippen molar-refractivity contribution >= 4 is 24.8 Å². The van der Waals surface area contributed by atoms with Gasteiger partial charge < -0.3 is 9.53 Å². The van der Waals surface area contributed by atoms with Gasteiger partial charge in [0.2, 0.25) is 0 Å². The molecule has 0 amide bonds. The molecule has 0 fully saturated rings. The standard InChI is InChI=1S/C22H21O2P/c1-24-19-14-12-18(13-15-19)22(16-17-23)25(20-8-4-2-5-9-20)21-10-6-3-7-11-21/h2-15,17,22H,16H2,1H3/t22-/m0/s1. The smallest absolute Gasteiger partial charge is 0.120 e. The summed E-state index contributed by atoms with van der Waals surface area (Å²) in [4.78, 5) is 11.5. The molecule has 0 aliphatic heterocycles. The van der Waals surface area contributed by atoms with Crippen LogP contribution < -0.4 is 15.3 Å². The molecule has 3 heteroatoms. The van der Waals surface area contributed by atoms with Crippen LogP contribution in [0.15, 0.2) is 84.9 Å². The predicted octanol–water partition coefficient (Wildman–Crippen LogP) is 4.46. The van der Waals surface area contributed by atoms with Crippen molar-refractivity contribution in [3.05, 3.63) is 90.5 Å². The van der Waals surface area contributed by atoms with Crippen molar-refractivity contribution in [2.45, 2.75) is 12.1 Å². The molecule has 0 radical (unpaired) electrons. The second-order valence-corrected chi connectivity index (χ2v) is 8.13. The van der Waals surface area contributed by atoms with Gasteiger partial charge in [0.05, 0.1) is 7.11 Å². The molecule has 0 aliphatic rings. The van der Waals surface area contributed by atoms with Crippen LogP contribution in [0.4, 0.5) is 0 Å². The lowest BCUT2D eigenvalue weighted by atomic mass is 10.1. The van der Waals surface area contributed by atoms with Gasteiger partial charge in [-0.25, -0.2) is 0 Å². The van der Waals surface area contributed by atoms with E-state index in [9.17, 15) is 4.79 Å².